The molecule has 0 heterocycles. The van der Waals surface area contributed by atoms with Crippen molar-refractivity contribution in [3.05, 3.63) is 35.9 Å². The van der Waals surface area contributed by atoms with Crippen molar-refractivity contribution in [2.75, 3.05) is 33.4 Å². The Morgan fingerprint density at radius 1 is 1.29 bits per heavy atom. The second-order valence-electron chi connectivity index (χ2n) is 4.45. The first-order chi connectivity index (χ1) is 10.1. The van der Waals surface area contributed by atoms with Gasteiger partial charge in [-0.15, -0.1) is 0 Å². The molecule has 0 saturated carbocycles. The quantitative estimate of drug-likeness (QED) is 0.715. The fraction of sp³-hybridized carbons (Fsp3) is 0.467. The van der Waals surface area contributed by atoms with E-state index in [0.717, 1.165) is 0 Å². The lowest BCUT2D eigenvalue weighted by atomic mass is 10.1. The number of esters is 1. The van der Waals surface area contributed by atoms with Crippen LogP contribution in [0.3, 0.4) is 0 Å². The van der Waals surface area contributed by atoms with Crippen molar-refractivity contribution in [2.45, 2.75) is 13.0 Å². The monoisotopic (exact) mass is 294 g/mol. The molecule has 6 heteroatoms. The molecular weight excluding hydrogens is 272 g/mol. The van der Waals surface area contributed by atoms with Gasteiger partial charge in [0.15, 0.2) is 0 Å². The zero-order chi connectivity index (χ0) is 15.7. The number of rotatable bonds is 8. The molecule has 0 unspecified atom stereocenters. The summed E-state index contributed by atoms with van der Waals surface area (Å²) in [5.41, 5.74) is 6.68. The molecule has 116 valence electrons. The van der Waals surface area contributed by atoms with Gasteiger partial charge in [-0.25, -0.2) is 0 Å². The van der Waals surface area contributed by atoms with Crippen molar-refractivity contribution in [1.29, 1.82) is 0 Å². The van der Waals surface area contributed by atoms with E-state index in [9.17, 15) is 9.59 Å². The smallest absolute Gasteiger partial charge is 0.325 e. The maximum absolute atomic E-state index is 12.4. The topological polar surface area (TPSA) is 81.9 Å². The zero-order valence-electron chi connectivity index (χ0n) is 12.5. The van der Waals surface area contributed by atoms with E-state index in [1.54, 1.807) is 19.1 Å². The molecular formula is C15H22N2O4. The number of ether oxygens (including phenoxy) is 2. The third-order valence-electron chi connectivity index (χ3n) is 2.93. The van der Waals surface area contributed by atoms with E-state index in [-0.39, 0.29) is 25.6 Å². The highest BCUT2D eigenvalue weighted by Gasteiger charge is 2.24. The van der Waals surface area contributed by atoms with Crippen molar-refractivity contribution >= 4 is 11.9 Å². The fourth-order valence-electron chi connectivity index (χ4n) is 1.83. The number of carbonyl (C=O) groups is 2. The number of methoxy groups -OCH3 is 1. The van der Waals surface area contributed by atoms with Gasteiger partial charge in [0.1, 0.15) is 12.6 Å². The van der Waals surface area contributed by atoms with Crippen LogP contribution in [0.15, 0.2) is 30.3 Å². The molecule has 0 aliphatic heterocycles. The Labute approximate surface area is 124 Å². The third-order valence-corrected chi connectivity index (χ3v) is 2.93. The molecule has 2 N–H and O–H groups in total. The van der Waals surface area contributed by atoms with Crippen molar-refractivity contribution in [2.24, 2.45) is 5.73 Å². The number of hydrogen-bond acceptors (Lipinski definition) is 5. The van der Waals surface area contributed by atoms with Gasteiger partial charge in [0.2, 0.25) is 5.91 Å². The van der Waals surface area contributed by atoms with Crippen LogP contribution in [0, 0.1) is 0 Å². The highest BCUT2D eigenvalue weighted by Crippen LogP contribution is 2.12. The molecule has 6 nitrogen and oxygen atoms in total. The molecule has 0 fully saturated rings. The Morgan fingerprint density at radius 2 is 1.95 bits per heavy atom. The lowest BCUT2D eigenvalue weighted by Gasteiger charge is -2.24. The van der Waals surface area contributed by atoms with Crippen molar-refractivity contribution in [3.8, 4) is 0 Å². The molecule has 1 aromatic carbocycles. The van der Waals surface area contributed by atoms with E-state index in [1.165, 1.54) is 12.0 Å². The molecule has 0 aliphatic rings. The second kappa shape index (κ2) is 9.10. The van der Waals surface area contributed by atoms with E-state index in [0.29, 0.717) is 12.2 Å². The first-order valence-electron chi connectivity index (χ1n) is 6.84. The number of amides is 1. The lowest BCUT2D eigenvalue weighted by molar-refractivity contribution is -0.149. The minimum Gasteiger partial charge on any atom is -0.465 e. The summed E-state index contributed by atoms with van der Waals surface area (Å²) >= 11 is 0. The molecule has 0 spiro atoms. The first kappa shape index (κ1) is 17.1. The lowest BCUT2D eigenvalue weighted by Crippen LogP contribution is -2.43. The van der Waals surface area contributed by atoms with Gasteiger partial charge < -0.3 is 20.1 Å². The van der Waals surface area contributed by atoms with E-state index in [4.69, 9.17) is 15.2 Å². The van der Waals surface area contributed by atoms with Gasteiger partial charge in [0.25, 0.3) is 0 Å². The number of nitrogens with two attached hydrogens (primary N) is 1. The second-order valence-corrected chi connectivity index (χ2v) is 4.45. The number of hydrogen-bond donors (Lipinski definition) is 1. The highest BCUT2D eigenvalue weighted by atomic mass is 16.5. The molecule has 21 heavy (non-hydrogen) atoms. The van der Waals surface area contributed by atoms with Crippen LogP contribution in [0.1, 0.15) is 18.5 Å². The summed E-state index contributed by atoms with van der Waals surface area (Å²) in [6.07, 6.45) is 0. The van der Waals surface area contributed by atoms with Crippen LogP contribution in [0.4, 0.5) is 0 Å². The molecule has 0 aliphatic carbocycles. The van der Waals surface area contributed by atoms with Gasteiger partial charge in [-0.2, -0.15) is 0 Å². The normalized spacial score (nSPS) is 11.8. The Balaban J connectivity index is 2.76. The highest BCUT2D eigenvalue weighted by molar-refractivity contribution is 5.86. The van der Waals surface area contributed by atoms with Crippen LogP contribution in [0.25, 0.3) is 0 Å². The maximum Gasteiger partial charge on any atom is 0.325 e. The standard InChI is InChI=1S/C15H22N2O4/c1-3-21-13(18)11-17(9-10-20-2)15(19)14(16)12-7-5-4-6-8-12/h4-8,14H,3,9-11,16H2,1-2H3/t14-/m1/s1. The van der Waals surface area contributed by atoms with Gasteiger partial charge in [0, 0.05) is 13.7 Å². The van der Waals surface area contributed by atoms with Crippen molar-refractivity contribution in [1.82, 2.24) is 4.90 Å². The molecule has 0 aromatic heterocycles. The van der Waals surface area contributed by atoms with Crippen molar-refractivity contribution in [3.63, 3.8) is 0 Å². The minimum absolute atomic E-state index is 0.128. The molecule has 0 bridgehead atoms. The molecule has 1 amide bonds. The summed E-state index contributed by atoms with van der Waals surface area (Å²) in [5, 5.41) is 0. The summed E-state index contributed by atoms with van der Waals surface area (Å²) in [6, 6.07) is 8.23. The van der Waals surface area contributed by atoms with Gasteiger partial charge in [0.05, 0.1) is 13.2 Å². The summed E-state index contributed by atoms with van der Waals surface area (Å²) in [6.45, 7) is 2.47. The summed E-state index contributed by atoms with van der Waals surface area (Å²) in [4.78, 5) is 25.4. The average Bonchev–Trinajstić information content (AvgIpc) is 2.51. The van der Waals surface area contributed by atoms with E-state index >= 15 is 0 Å². The van der Waals surface area contributed by atoms with E-state index in [2.05, 4.69) is 0 Å². The van der Waals surface area contributed by atoms with Gasteiger partial charge in [-0.05, 0) is 12.5 Å². The first-order valence-corrected chi connectivity index (χ1v) is 6.84. The van der Waals surface area contributed by atoms with Gasteiger partial charge in [-0.3, -0.25) is 9.59 Å². The van der Waals surface area contributed by atoms with Crippen LogP contribution in [0.2, 0.25) is 0 Å². The van der Waals surface area contributed by atoms with Gasteiger partial charge >= 0.3 is 5.97 Å². The number of benzene rings is 1. The Hall–Kier alpha value is -1.92. The van der Waals surface area contributed by atoms with Crippen LogP contribution < -0.4 is 5.73 Å². The van der Waals surface area contributed by atoms with Gasteiger partial charge in [-0.1, -0.05) is 30.3 Å². The summed E-state index contributed by atoms with van der Waals surface area (Å²) in [7, 11) is 1.53. The SMILES string of the molecule is CCOC(=O)CN(CCOC)C(=O)[C@H](N)c1ccccc1. The van der Waals surface area contributed by atoms with E-state index < -0.39 is 12.0 Å². The Kier molecular flexibility index (Phi) is 7.42. The fourth-order valence-corrected chi connectivity index (χ4v) is 1.83. The average molecular weight is 294 g/mol. The zero-order valence-corrected chi connectivity index (χ0v) is 12.5. The predicted molar refractivity (Wildman–Crippen MR) is 78.5 cm³/mol. The van der Waals surface area contributed by atoms with E-state index in [1.807, 2.05) is 18.2 Å². The number of nitrogens with zero attached hydrogens (tertiary/aromatic N) is 1. The van der Waals surface area contributed by atoms with Crippen molar-refractivity contribution < 1.29 is 19.1 Å². The molecule has 0 radical (unpaired) electrons. The predicted octanol–water partition coefficient (Wildman–Crippen LogP) is 0.725. The van der Waals surface area contributed by atoms with Crippen LogP contribution in [-0.4, -0.2) is 50.2 Å². The summed E-state index contributed by atoms with van der Waals surface area (Å²) < 4.78 is 9.84. The Morgan fingerprint density at radius 3 is 2.52 bits per heavy atom. The van der Waals surface area contributed by atoms with Crippen LogP contribution in [-0.2, 0) is 19.1 Å². The third kappa shape index (κ3) is 5.53. The number of carbonyl (C=O) groups excluding carboxylic acids is 2. The largest absolute Gasteiger partial charge is 0.465 e. The summed E-state index contributed by atoms with van der Waals surface area (Å²) in [5.74, 6) is -0.784. The van der Waals surface area contributed by atoms with Crippen LogP contribution >= 0.6 is 0 Å². The molecule has 1 rings (SSSR count). The molecule has 0 saturated heterocycles. The van der Waals surface area contributed by atoms with Crippen LogP contribution in [0.5, 0.6) is 0 Å². The molecule has 1 aromatic rings. The minimum atomic E-state index is -0.808. The molecule has 1 atom stereocenters. The maximum atomic E-state index is 12.4. The Bertz CT molecular complexity index is 450.